The zero-order valence-corrected chi connectivity index (χ0v) is 9.48. The van der Waals surface area contributed by atoms with Gasteiger partial charge < -0.3 is 5.73 Å². The van der Waals surface area contributed by atoms with E-state index in [9.17, 15) is 0 Å². The minimum Gasteiger partial charge on any atom is -0.368 e. The average molecular weight is 244 g/mol. The van der Waals surface area contributed by atoms with Crippen LogP contribution in [0.2, 0.25) is 0 Å². The molecule has 0 fully saturated rings. The van der Waals surface area contributed by atoms with Crippen LogP contribution >= 0.6 is 11.8 Å². The van der Waals surface area contributed by atoms with Gasteiger partial charge >= 0.3 is 0 Å². The van der Waals surface area contributed by atoms with Crippen molar-refractivity contribution >= 4 is 28.6 Å². The summed E-state index contributed by atoms with van der Waals surface area (Å²) in [5.74, 6) is 0.255. The number of para-hydroxylation sites is 1. The summed E-state index contributed by atoms with van der Waals surface area (Å²) in [5.41, 5.74) is 6.49. The molecule has 0 unspecified atom stereocenters. The molecule has 0 aliphatic heterocycles. The maximum atomic E-state index is 5.67. The van der Waals surface area contributed by atoms with Crippen molar-refractivity contribution in [3.05, 3.63) is 30.6 Å². The molecule has 1 aromatic carbocycles. The molecule has 0 saturated carbocycles. The Balaban J connectivity index is 2.14. The molecule has 7 heteroatoms. The van der Waals surface area contributed by atoms with E-state index in [0.29, 0.717) is 5.16 Å². The Morgan fingerprint density at radius 3 is 2.88 bits per heavy atom. The van der Waals surface area contributed by atoms with E-state index in [1.807, 2.05) is 24.3 Å². The first-order valence-corrected chi connectivity index (χ1v) is 5.70. The first kappa shape index (κ1) is 10.0. The molecule has 84 valence electrons. The molecule has 0 radical (unpaired) electrons. The van der Waals surface area contributed by atoms with Crippen LogP contribution in [-0.2, 0) is 0 Å². The summed E-state index contributed by atoms with van der Waals surface area (Å²) in [6.07, 6.45) is 1.45. The molecule has 6 nitrogen and oxygen atoms in total. The second-order valence-electron chi connectivity index (χ2n) is 3.30. The van der Waals surface area contributed by atoms with E-state index in [4.69, 9.17) is 5.73 Å². The van der Waals surface area contributed by atoms with Crippen LogP contribution in [0.5, 0.6) is 0 Å². The van der Waals surface area contributed by atoms with Crippen molar-refractivity contribution in [3.63, 3.8) is 0 Å². The van der Waals surface area contributed by atoms with Crippen LogP contribution in [-0.4, -0.2) is 25.1 Å². The summed E-state index contributed by atoms with van der Waals surface area (Å²) >= 11 is 1.38. The van der Waals surface area contributed by atoms with Gasteiger partial charge in [-0.3, -0.25) is 5.10 Å². The van der Waals surface area contributed by atoms with E-state index in [2.05, 4.69) is 25.1 Å². The topological polar surface area (TPSA) is 93.4 Å². The molecule has 17 heavy (non-hydrogen) atoms. The normalized spacial score (nSPS) is 10.8. The smallest absolute Gasteiger partial charge is 0.221 e. The maximum absolute atomic E-state index is 5.67. The SMILES string of the molecule is Nc1nc(Sc2ncn[nH]2)c2ccccc2n1. The molecule has 3 N–H and O–H groups in total. The monoisotopic (exact) mass is 244 g/mol. The predicted molar refractivity (Wildman–Crippen MR) is 64.5 cm³/mol. The van der Waals surface area contributed by atoms with E-state index in [1.54, 1.807) is 0 Å². The van der Waals surface area contributed by atoms with Crippen molar-refractivity contribution in [2.24, 2.45) is 0 Å². The molecule has 3 rings (SSSR count). The van der Waals surface area contributed by atoms with E-state index in [1.165, 1.54) is 18.1 Å². The Morgan fingerprint density at radius 1 is 1.18 bits per heavy atom. The number of hydrogen-bond donors (Lipinski definition) is 2. The van der Waals surface area contributed by atoms with Gasteiger partial charge in [0.05, 0.1) is 5.52 Å². The van der Waals surface area contributed by atoms with Gasteiger partial charge in [0.1, 0.15) is 11.4 Å². The number of nitrogens with zero attached hydrogens (tertiary/aromatic N) is 4. The highest BCUT2D eigenvalue weighted by Gasteiger charge is 2.08. The number of aromatic amines is 1. The number of nitrogen functional groups attached to an aromatic ring is 1. The molecule has 0 spiro atoms. The first-order chi connectivity index (χ1) is 8.33. The predicted octanol–water partition coefficient (Wildman–Crippen LogP) is 1.48. The van der Waals surface area contributed by atoms with Crippen molar-refractivity contribution in [3.8, 4) is 0 Å². The molecule has 3 aromatic rings. The number of anilines is 1. The Hall–Kier alpha value is -2.15. The van der Waals surface area contributed by atoms with Gasteiger partial charge in [0.25, 0.3) is 0 Å². The number of fused-ring (bicyclic) bond motifs is 1. The molecule has 0 bridgehead atoms. The first-order valence-electron chi connectivity index (χ1n) is 4.88. The van der Waals surface area contributed by atoms with Crippen molar-refractivity contribution < 1.29 is 0 Å². The van der Waals surface area contributed by atoms with Crippen LogP contribution in [0.1, 0.15) is 0 Å². The van der Waals surface area contributed by atoms with Gasteiger partial charge in [-0.05, 0) is 17.8 Å². The highest BCUT2D eigenvalue weighted by Crippen LogP contribution is 2.29. The van der Waals surface area contributed by atoms with E-state index >= 15 is 0 Å². The third-order valence-corrected chi connectivity index (χ3v) is 3.07. The lowest BCUT2D eigenvalue weighted by Crippen LogP contribution is -1.97. The van der Waals surface area contributed by atoms with E-state index in [-0.39, 0.29) is 5.95 Å². The van der Waals surface area contributed by atoms with Crippen molar-refractivity contribution in [1.82, 2.24) is 25.1 Å². The van der Waals surface area contributed by atoms with Gasteiger partial charge in [-0.15, -0.1) is 0 Å². The Morgan fingerprint density at radius 2 is 2.06 bits per heavy atom. The molecular weight excluding hydrogens is 236 g/mol. The summed E-state index contributed by atoms with van der Waals surface area (Å²) < 4.78 is 0. The number of rotatable bonds is 2. The van der Waals surface area contributed by atoms with Crippen LogP contribution in [0, 0.1) is 0 Å². The molecule has 0 amide bonds. The second kappa shape index (κ2) is 4.02. The molecule has 0 aliphatic carbocycles. The van der Waals surface area contributed by atoms with Crippen LogP contribution < -0.4 is 5.73 Å². The quantitative estimate of drug-likeness (QED) is 0.663. The van der Waals surface area contributed by atoms with Crippen molar-refractivity contribution in [1.29, 1.82) is 0 Å². The fourth-order valence-electron chi connectivity index (χ4n) is 1.48. The summed E-state index contributed by atoms with van der Waals surface area (Å²) in [4.78, 5) is 12.4. The van der Waals surface area contributed by atoms with Crippen molar-refractivity contribution in [2.75, 3.05) is 5.73 Å². The highest BCUT2D eigenvalue weighted by molar-refractivity contribution is 7.99. The highest BCUT2D eigenvalue weighted by atomic mass is 32.2. The summed E-state index contributed by atoms with van der Waals surface area (Å²) in [5, 5.41) is 8.95. The van der Waals surface area contributed by atoms with Gasteiger partial charge in [0.2, 0.25) is 5.95 Å². The number of aromatic nitrogens is 5. The summed E-state index contributed by atoms with van der Waals surface area (Å²) in [7, 11) is 0. The van der Waals surface area contributed by atoms with Crippen molar-refractivity contribution in [2.45, 2.75) is 10.2 Å². The lowest BCUT2D eigenvalue weighted by atomic mass is 10.2. The maximum Gasteiger partial charge on any atom is 0.221 e. The average Bonchev–Trinajstić information content (AvgIpc) is 2.81. The van der Waals surface area contributed by atoms with Gasteiger partial charge in [-0.1, -0.05) is 18.2 Å². The van der Waals surface area contributed by atoms with Crippen LogP contribution in [0.25, 0.3) is 10.9 Å². The third kappa shape index (κ3) is 1.92. The van der Waals surface area contributed by atoms with Gasteiger partial charge in [0, 0.05) is 5.39 Å². The van der Waals surface area contributed by atoms with Crippen LogP contribution in [0.4, 0.5) is 5.95 Å². The zero-order chi connectivity index (χ0) is 11.7. The van der Waals surface area contributed by atoms with Crippen LogP contribution in [0.15, 0.2) is 40.8 Å². The molecule has 0 aliphatic rings. The largest absolute Gasteiger partial charge is 0.368 e. The number of nitrogens with two attached hydrogens (primary N) is 1. The van der Waals surface area contributed by atoms with E-state index in [0.717, 1.165) is 15.9 Å². The van der Waals surface area contributed by atoms with Gasteiger partial charge in [-0.25, -0.2) is 15.0 Å². The minimum absolute atomic E-state index is 0.255. The lowest BCUT2D eigenvalue weighted by molar-refractivity contribution is 0.968. The molecule has 0 saturated heterocycles. The zero-order valence-electron chi connectivity index (χ0n) is 8.66. The molecule has 0 atom stereocenters. The summed E-state index contributed by atoms with van der Waals surface area (Å²) in [6, 6.07) is 7.70. The Labute approximate surface area is 101 Å². The van der Waals surface area contributed by atoms with Gasteiger partial charge in [-0.2, -0.15) is 5.10 Å². The second-order valence-corrected chi connectivity index (χ2v) is 4.27. The number of benzene rings is 1. The van der Waals surface area contributed by atoms with E-state index < -0.39 is 0 Å². The Kier molecular flexibility index (Phi) is 2.37. The standard InChI is InChI=1S/C10H8N6S/c11-9-14-7-4-2-1-3-6(7)8(15-9)17-10-12-5-13-16-10/h1-5H,(H2,11,14,15)(H,12,13,16). The minimum atomic E-state index is 0.255. The fraction of sp³-hybridized carbons (Fsp3) is 0. The summed E-state index contributed by atoms with van der Waals surface area (Å²) in [6.45, 7) is 0. The van der Waals surface area contributed by atoms with Gasteiger partial charge in [0.15, 0.2) is 5.16 Å². The molecular formula is C10H8N6S. The number of H-pyrrole nitrogens is 1. The Bertz CT molecular complexity index is 651. The number of nitrogens with one attached hydrogen (secondary N) is 1. The number of hydrogen-bond acceptors (Lipinski definition) is 6. The fourth-order valence-corrected chi connectivity index (χ4v) is 2.28. The lowest BCUT2D eigenvalue weighted by Gasteiger charge is -2.03. The van der Waals surface area contributed by atoms with Crippen LogP contribution in [0.3, 0.4) is 0 Å². The molecule has 2 aromatic heterocycles. The third-order valence-electron chi connectivity index (χ3n) is 2.17. The molecule has 2 heterocycles.